The Hall–Kier alpha value is -1.86. The maximum Gasteiger partial charge on any atom is 0.0431 e. The van der Waals surface area contributed by atoms with Crippen molar-refractivity contribution >= 4 is 6.08 Å². The van der Waals surface area contributed by atoms with Crippen LogP contribution in [0.1, 0.15) is 44.1 Å². The second-order valence-electron chi connectivity index (χ2n) is 5.67. The zero-order valence-corrected chi connectivity index (χ0v) is 13.2. The van der Waals surface area contributed by atoms with Gasteiger partial charge in [-0.15, -0.1) is 0 Å². The Balaban J connectivity index is 1.73. The minimum absolute atomic E-state index is 0.332. The Labute approximate surface area is 134 Å². The SMILES string of the molecule is OCCCCCCC/C=C/c1ccc(-c2ccccc2)cc1. The van der Waals surface area contributed by atoms with Crippen molar-refractivity contribution in [1.29, 1.82) is 0 Å². The van der Waals surface area contributed by atoms with E-state index < -0.39 is 0 Å². The second-order valence-corrected chi connectivity index (χ2v) is 5.67. The van der Waals surface area contributed by atoms with Gasteiger partial charge < -0.3 is 5.11 Å². The predicted molar refractivity (Wildman–Crippen MR) is 95.7 cm³/mol. The Bertz CT molecular complexity index is 540. The van der Waals surface area contributed by atoms with Crippen LogP contribution in [0.4, 0.5) is 0 Å². The molecule has 0 fully saturated rings. The molecule has 0 bridgehead atoms. The Morgan fingerprint density at radius 2 is 1.32 bits per heavy atom. The summed E-state index contributed by atoms with van der Waals surface area (Å²) in [6, 6.07) is 19.2. The van der Waals surface area contributed by atoms with E-state index in [1.54, 1.807) is 0 Å². The van der Waals surface area contributed by atoms with E-state index in [0.717, 1.165) is 19.3 Å². The summed E-state index contributed by atoms with van der Waals surface area (Å²) in [5, 5.41) is 8.71. The topological polar surface area (TPSA) is 20.2 Å². The van der Waals surface area contributed by atoms with Gasteiger partial charge in [0.1, 0.15) is 0 Å². The van der Waals surface area contributed by atoms with Crippen molar-refractivity contribution in [2.24, 2.45) is 0 Å². The predicted octanol–water partition coefficient (Wildman–Crippen LogP) is 5.70. The van der Waals surface area contributed by atoms with E-state index >= 15 is 0 Å². The number of benzene rings is 2. The highest BCUT2D eigenvalue weighted by Crippen LogP contribution is 2.19. The van der Waals surface area contributed by atoms with Crippen molar-refractivity contribution in [3.63, 3.8) is 0 Å². The molecule has 0 saturated carbocycles. The third-order valence-corrected chi connectivity index (χ3v) is 3.86. The lowest BCUT2D eigenvalue weighted by molar-refractivity contribution is 0.282. The van der Waals surface area contributed by atoms with Gasteiger partial charge in [-0.2, -0.15) is 0 Å². The maximum atomic E-state index is 8.71. The molecule has 0 aliphatic rings. The van der Waals surface area contributed by atoms with Crippen molar-refractivity contribution < 1.29 is 5.11 Å². The van der Waals surface area contributed by atoms with E-state index in [2.05, 4.69) is 60.7 Å². The molecule has 1 heteroatoms. The van der Waals surface area contributed by atoms with Crippen LogP contribution in [0.5, 0.6) is 0 Å². The molecule has 0 saturated heterocycles. The van der Waals surface area contributed by atoms with Gasteiger partial charge in [0.2, 0.25) is 0 Å². The van der Waals surface area contributed by atoms with Gasteiger partial charge in [0.15, 0.2) is 0 Å². The summed E-state index contributed by atoms with van der Waals surface area (Å²) in [6.07, 6.45) is 11.5. The van der Waals surface area contributed by atoms with Crippen molar-refractivity contribution in [3.8, 4) is 11.1 Å². The normalized spacial score (nSPS) is 11.1. The molecule has 116 valence electrons. The van der Waals surface area contributed by atoms with Crippen LogP contribution in [0.3, 0.4) is 0 Å². The highest BCUT2D eigenvalue weighted by atomic mass is 16.2. The number of hydrogen-bond donors (Lipinski definition) is 1. The first-order valence-corrected chi connectivity index (χ1v) is 8.33. The number of unbranched alkanes of at least 4 members (excludes halogenated alkanes) is 5. The van der Waals surface area contributed by atoms with Gasteiger partial charge >= 0.3 is 0 Å². The van der Waals surface area contributed by atoms with Gasteiger partial charge in [-0.25, -0.2) is 0 Å². The lowest BCUT2D eigenvalue weighted by Gasteiger charge is -2.02. The number of rotatable bonds is 9. The van der Waals surface area contributed by atoms with Gasteiger partial charge in [-0.05, 0) is 36.0 Å². The van der Waals surface area contributed by atoms with Crippen LogP contribution in [0, 0.1) is 0 Å². The molecular weight excluding hydrogens is 268 g/mol. The molecule has 0 radical (unpaired) electrons. The molecular formula is C21H26O. The van der Waals surface area contributed by atoms with Gasteiger partial charge in [-0.3, -0.25) is 0 Å². The fourth-order valence-corrected chi connectivity index (χ4v) is 2.54. The number of allylic oxidation sites excluding steroid dienone is 1. The lowest BCUT2D eigenvalue weighted by atomic mass is 10.0. The molecule has 0 heterocycles. The zero-order valence-electron chi connectivity index (χ0n) is 13.2. The average Bonchev–Trinajstić information content (AvgIpc) is 2.59. The van der Waals surface area contributed by atoms with E-state index in [-0.39, 0.29) is 0 Å². The highest BCUT2D eigenvalue weighted by molar-refractivity contribution is 5.65. The van der Waals surface area contributed by atoms with E-state index in [4.69, 9.17) is 5.11 Å². The zero-order chi connectivity index (χ0) is 15.5. The minimum atomic E-state index is 0.332. The third-order valence-electron chi connectivity index (χ3n) is 3.86. The molecule has 0 aromatic heterocycles. The summed E-state index contributed by atoms with van der Waals surface area (Å²) in [6.45, 7) is 0.332. The molecule has 0 aliphatic heterocycles. The van der Waals surface area contributed by atoms with Crippen LogP contribution in [-0.4, -0.2) is 11.7 Å². The molecule has 0 atom stereocenters. The average molecular weight is 294 g/mol. The largest absolute Gasteiger partial charge is 0.396 e. The molecule has 1 N–H and O–H groups in total. The summed E-state index contributed by atoms with van der Waals surface area (Å²) < 4.78 is 0. The summed E-state index contributed by atoms with van der Waals surface area (Å²) in [5.41, 5.74) is 3.79. The quantitative estimate of drug-likeness (QED) is 0.588. The number of aliphatic hydroxyl groups is 1. The standard InChI is InChI=1S/C21H26O/c22-18-10-5-3-1-2-4-7-11-19-14-16-21(17-15-19)20-12-8-6-9-13-20/h6-9,11-17,22H,1-5,10,18H2/b11-7+. The molecule has 0 amide bonds. The molecule has 2 aromatic rings. The summed E-state index contributed by atoms with van der Waals surface area (Å²) in [4.78, 5) is 0. The molecule has 22 heavy (non-hydrogen) atoms. The Morgan fingerprint density at radius 1 is 0.682 bits per heavy atom. The first kappa shape index (κ1) is 16.5. The van der Waals surface area contributed by atoms with Gasteiger partial charge in [-0.1, -0.05) is 86.0 Å². The van der Waals surface area contributed by atoms with Crippen LogP contribution in [0.2, 0.25) is 0 Å². The summed E-state index contributed by atoms with van der Waals surface area (Å²) in [7, 11) is 0. The monoisotopic (exact) mass is 294 g/mol. The summed E-state index contributed by atoms with van der Waals surface area (Å²) in [5.74, 6) is 0. The van der Waals surface area contributed by atoms with Gasteiger partial charge in [0, 0.05) is 6.61 Å². The fourth-order valence-electron chi connectivity index (χ4n) is 2.54. The molecule has 0 spiro atoms. The van der Waals surface area contributed by atoms with E-state index in [1.807, 2.05) is 6.07 Å². The third kappa shape index (κ3) is 5.87. The van der Waals surface area contributed by atoms with Crippen LogP contribution in [0.25, 0.3) is 17.2 Å². The number of aliphatic hydroxyl groups excluding tert-OH is 1. The van der Waals surface area contributed by atoms with Crippen LogP contribution in [-0.2, 0) is 0 Å². The smallest absolute Gasteiger partial charge is 0.0431 e. The lowest BCUT2D eigenvalue weighted by Crippen LogP contribution is -1.83. The maximum absolute atomic E-state index is 8.71. The van der Waals surface area contributed by atoms with Crippen molar-refractivity contribution in [2.45, 2.75) is 38.5 Å². The molecule has 0 unspecified atom stereocenters. The van der Waals surface area contributed by atoms with Crippen molar-refractivity contribution in [2.75, 3.05) is 6.61 Å². The van der Waals surface area contributed by atoms with E-state index in [9.17, 15) is 0 Å². The van der Waals surface area contributed by atoms with Crippen molar-refractivity contribution in [3.05, 3.63) is 66.2 Å². The molecule has 2 aromatic carbocycles. The summed E-state index contributed by atoms with van der Waals surface area (Å²) >= 11 is 0. The Morgan fingerprint density at radius 3 is 2.05 bits per heavy atom. The first-order chi connectivity index (χ1) is 10.9. The van der Waals surface area contributed by atoms with Crippen LogP contribution < -0.4 is 0 Å². The molecule has 0 aliphatic carbocycles. The van der Waals surface area contributed by atoms with Crippen LogP contribution >= 0.6 is 0 Å². The highest BCUT2D eigenvalue weighted by Gasteiger charge is 1.95. The minimum Gasteiger partial charge on any atom is -0.396 e. The van der Waals surface area contributed by atoms with Gasteiger partial charge in [0.05, 0.1) is 0 Å². The van der Waals surface area contributed by atoms with Crippen molar-refractivity contribution in [1.82, 2.24) is 0 Å². The Kier molecular flexibility index (Phi) is 7.48. The number of hydrogen-bond acceptors (Lipinski definition) is 1. The molecule has 1 nitrogen and oxygen atoms in total. The fraction of sp³-hybridized carbons (Fsp3) is 0.333. The van der Waals surface area contributed by atoms with E-state index in [0.29, 0.717) is 6.61 Å². The second kappa shape index (κ2) is 9.97. The van der Waals surface area contributed by atoms with E-state index in [1.165, 1.54) is 36.0 Å². The first-order valence-electron chi connectivity index (χ1n) is 8.33. The molecule has 2 rings (SSSR count). The van der Waals surface area contributed by atoms with Crippen LogP contribution in [0.15, 0.2) is 60.7 Å². The van der Waals surface area contributed by atoms with Gasteiger partial charge in [0.25, 0.3) is 0 Å².